The smallest absolute Gasteiger partial charge is 0.248 e. The van der Waals surface area contributed by atoms with E-state index in [0.29, 0.717) is 10.7 Å². The van der Waals surface area contributed by atoms with Crippen molar-refractivity contribution in [3.8, 4) is 0 Å². The van der Waals surface area contributed by atoms with Gasteiger partial charge in [-0.15, -0.1) is 0 Å². The van der Waals surface area contributed by atoms with E-state index in [4.69, 9.17) is 23.2 Å². The zero-order chi connectivity index (χ0) is 20.4. The predicted octanol–water partition coefficient (Wildman–Crippen LogP) is 4.79. The first-order valence-electron chi connectivity index (χ1n) is 8.37. The standard InChI is InChI=1S/C19H22Cl2N2O3S/c1-5-17(19(24)22-16-10-12(2)6-7-13(16)3)23(27(4,25)26)18-11-14(20)8-9-15(18)21/h6-11,17H,5H2,1-4H3,(H,22,24). The average molecular weight is 429 g/mol. The van der Waals surface area contributed by atoms with Crippen LogP contribution < -0.4 is 9.62 Å². The number of anilines is 2. The molecule has 1 N–H and O–H groups in total. The van der Waals surface area contributed by atoms with E-state index in [1.807, 2.05) is 32.0 Å². The van der Waals surface area contributed by atoms with Crippen LogP contribution in [0.25, 0.3) is 0 Å². The van der Waals surface area contributed by atoms with Crippen LogP contribution in [0.15, 0.2) is 36.4 Å². The number of benzene rings is 2. The zero-order valence-corrected chi connectivity index (χ0v) is 17.9. The first-order valence-corrected chi connectivity index (χ1v) is 11.0. The van der Waals surface area contributed by atoms with Crippen molar-refractivity contribution in [1.29, 1.82) is 0 Å². The van der Waals surface area contributed by atoms with E-state index in [1.165, 1.54) is 12.1 Å². The van der Waals surface area contributed by atoms with Crippen LogP contribution in [0.3, 0.4) is 0 Å². The number of nitrogens with zero attached hydrogens (tertiary/aromatic N) is 1. The molecule has 0 spiro atoms. The number of nitrogens with one attached hydrogen (secondary N) is 1. The maximum Gasteiger partial charge on any atom is 0.248 e. The molecular weight excluding hydrogens is 407 g/mol. The highest BCUT2D eigenvalue weighted by Crippen LogP contribution is 2.33. The highest BCUT2D eigenvalue weighted by molar-refractivity contribution is 7.92. The maximum absolute atomic E-state index is 13.0. The molecule has 0 aliphatic carbocycles. The molecule has 146 valence electrons. The van der Waals surface area contributed by atoms with Crippen LogP contribution in [0.4, 0.5) is 11.4 Å². The van der Waals surface area contributed by atoms with Gasteiger partial charge in [-0.2, -0.15) is 0 Å². The quantitative estimate of drug-likeness (QED) is 0.718. The van der Waals surface area contributed by atoms with Crippen molar-refractivity contribution in [1.82, 2.24) is 0 Å². The minimum Gasteiger partial charge on any atom is -0.324 e. The summed E-state index contributed by atoms with van der Waals surface area (Å²) in [5.41, 5.74) is 2.69. The Bertz CT molecular complexity index is 961. The molecule has 2 aromatic carbocycles. The minimum absolute atomic E-state index is 0.176. The average Bonchev–Trinajstić information content (AvgIpc) is 2.57. The minimum atomic E-state index is -3.79. The van der Waals surface area contributed by atoms with E-state index in [0.717, 1.165) is 21.7 Å². The van der Waals surface area contributed by atoms with Gasteiger partial charge in [0.1, 0.15) is 6.04 Å². The van der Waals surface area contributed by atoms with E-state index >= 15 is 0 Å². The maximum atomic E-state index is 13.0. The normalized spacial score (nSPS) is 12.5. The SMILES string of the molecule is CCC(C(=O)Nc1cc(C)ccc1C)N(c1cc(Cl)ccc1Cl)S(C)(=O)=O. The lowest BCUT2D eigenvalue weighted by molar-refractivity contribution is -0.117. The van der Waals surface area contributed by atoms with Crippen molar-refractivity contribution >= 4 is 50.5 Å². The highest BCUT2D eigenvalue weighted by Gasteiger charge is 2.33. The van der Waals surface area contributed by atoms with Crippen molar-refractivity contribution in [2.45, 2.75) is 33.2 Å². The molecule has 0 aliphatic rings. The molecule has 0 heterocycles. The predicted molar refractivity (Wildman–Crippen MR) is 112 cm³/mol. The third-order valence-electron chi connectivity index (χ3n) is 4.13. The number of carbonyl (C=O) groups is 1. The van der Waals surface area contributed by atoms with Crippen molar-refractivity contribution in [2.75, 3.05) is 15.9 Å². The van der Waals surface area contributed by atoms with Gasteiger partial charge in [-0.05, 0) is 55.7 Å². The molecule has 0 aliphatic heterocycles. The van der Waals surface area contributed by atoms with Crippen LogP contribution in [0.2, 0.25) is 10.0 Å². The number of amides is 1. The summed E-state index contributed by atoms with van der Waals surface area (Å²) < 4.78 is 26.1. The van der Waals surface area contributed by atoms with Crippen molar-refractivity contribution in [3.63, 3.8) is 0 Å². The van der Waals surface area contributed by atoms with Crippen LogP contribution in [-0.4, -0.2) is 26.6 Å². The summed E-state index contributed by atoms with van der Waals surface area (Å²) in [5, 5.41) is 3.36. The zero-order valence-electron chi connectivity index (χ0n) is 15.6. The molecule has 1 amide bonds. The Labute approximate surface area is 170 Å². The van der Waals surface area contributed by atoms with Crippen molar-refractivity contribution < 1.29 is 13.2 Å². The monoisotopic (exact) mass is 428 g/mol. The lowest BCUT2D eigenvalue weighted by Gasteiger charge is -2.31. The largest absolute Gasteiger partial charge is 0.324 e. The number of hydrogen-bond acceptors (Lipinski definition) is 3. The van der Waals surface area contributed by atoms with Crippen LogP contribution in [0.5, 0.6) is 0 Å². The number of halogens is 2. The number of sulfonamides is 1. The van der Waals surface area contributed by atoms with E-state index in [-0.39, 0.29) is 17.1 Å². The first kappa shape index (κ1) is 21.5. The molecule has 2 aromatic rings. The summed E-state index contributed by atoms with van der Waals surface area (Å²) in [4.78, 5) is 13.0. The summed E-state index contributed by atoms with van der Waals surface area (Å²) in [6.07, 6.45) is 1.30. The molecule has 5 nitrogen and oxygen atoms in total. The molecule has 0 saturated heterocycles. The molecule has 8 heteroatoms. The number of aryl methyl sites for hydroxylation is 2. The van der Waals surface area contributed by atoms with Gasteiger partial charge in [-0.1, -0.05) is 42.3 Å². The van der Waals surface area contributed by atoms with Gasteiger partial charge in [0.25, 0.3) is 0 Å². The van der Waals surface area contributed by atoms with Crippen LogP contribution >= 0.6 is 23.2 Å². The number of rotatable bonds is 6. The summed E-state index contributed by atoms with van der Waals surface area (Å²) in [6, 6.07) is 9.22. The fraction of sp³-hybridized carbons (Fsp3) is 0.316. The van der Waals surface area contributed by atoms with Crippen LogP contribution in [0.1, 0.15) is 24.5 Å². The fourth-order valence-corrected chi connectivity index (χ4v) is 4.42. The van der Waals surface area contributed by atoms with Crippen molar-refractivity contribution in [2.24, 2.45) is 0 Å². The van der Waals surface area contributed by atoms with Crippen LogP contribution in [0, 0.1) is 13.8 Å². The molecule has 0 fully saturated rings. The first-order chi connectivity index (χ1) is 12.5. The number of hydrogen-bond donors (Lipinski definition) is 1. The lowest BCUT2D eigenvalue weighted by Crippen LogP contribution is -2.47. The van der Waals surface area contributed by atoms with Gasteiger partial charge < -0.3 is 5.32 Å². The van der Waals surface area contributed by atoms with Gasteiger partial charge >= 0.3 is 0 Å². The Kier molecular flexibility index (Phi) is 6.78. The second kappa shape index (κ2) is 8.50. The third-order valence-corrected chi connectivity index (χ3v) is 5.85. The molecule has 0 saturated carbocycles. The summed E-state index contributed by atoms with van der Waals surface area (Å²) >= 11 is 12.2. The van der Waals surface area contributed by atoms with Gasteiger partial charge in [0, 0.05) is 10.7 Å². The molecule has 1 atom stereocenters. The second-order valence-corrected chi connectivity index (χ2v) is 9.09. The van der Waals surface area contributed by atoms with Gasteiger partial charge in [0.05, 0.1) is 17.0 Å². The Hall–Kier alpha value is -1.76. The summed E-state index contributed by atoms with van der Waals surface area (Å²) in [5.74, 6) is -0.437. The highest BCUT2D eigenvalue weighted by atomic mass is 35.5. The summed E-state index contributed by atoms with van der Waals surface area (Å²) in [6.45, 7) is 5.53. The van der Waals surface area contributed by atoms with E-state index < -0.39 is 22.0 Å². The Balaban J connectivity index is 2.48. The van der Waals surface area contributed by atoms with E-state index in [1.54, 1.807) is 13.0 Å². The topological polar surface area (TPSA) is 66.5 Å². The van der Waals surface area contributed by atoms with Gasteiger partial charge in [-0.3, -0.25) is 9.10 Å². The summed E-state index contributed by atoms with van der Waals surface area (Å²) in [7, 11) is -3.79. The van der Waals surface area contributed by atoms with Crippen molar-refractivity contribution in [3.05, 3.63) is 57.6 Å². The molecule has 0 radical (unpaired) electrons. The Morgan fingerprint density at radius 3 is 2.41 bits per heavy atom. The van der Waals surface area contributed by atoms with Gasteiger partial charge in [0.15, 0.2) is 0 Å². The van der Waals surface area contributed by atoms with E-state index in [9.17, 15) is 13.2 Å². The number of carbonyl (C=O) groups excluding carboxylic acids is 1. The van der Waals surface area contributed by atoms with Gasteiger partial charge in [0.2, 0.25) is 15.9 Å². The second-order valence-electron chi connectivity index (χ2n) is 6.39. The Morgan fingerprint density at radius 1 is 1.15 bits per heavy atom. The lowest BCUT2D eigenvalue weighted by atomic mass is 10.1. The van der Waals surface area contributed by atoms with Gasteiger partial charge in [-0.25, -0.2) is 8.42 Å². The fourth-order valence-electron chi connectivity index (χ4n) is 2.78. The molecule has 0 aromatic heterocycles. The molecule has 0 bridgehead atoms. The van der Waals surface area contributed by atoms with E-state index in [2.05, 4.69) is 5.32 Å². The molecular formula is C19H22Cl2N2O3S. The molecule has 1 unspecified atom stereocenters. The molecule has 27 heavy (non-hydrogen) atoms. The Morgan fingerprint density at radius 2 is 1.81 bits per heavy atom. The molecule has 2 rings (SSSR count). The van der Waals surface area contributed by atoms with Crippen LogP contribution in [-0.2, 0) is 14.8 Å². The third kappa shape index (κ3) is 5.15.